The second kappa shape index (κ2) is 12.3. The Hall–Kier alpha value is -2.30. The van der Waals surface area contributed by atoms with Crippen LogP contribution in [0.4, 0.5) is 17.6 Å². The molecule has 0 aromatic heterocycles. The average Bonchev–Trinajstić information content (AvgIpc) is 2.89. The fraction of sp³-hybridized carbons (Fsp3) is 0.548. The molecule has 1 nitrogen and oxygen atoms in total. The summed E-state index contributed by atoms with van der Waals surface area (Å²) in [4.78, 5) is 0. The number of hydrogen-bond donors (Lipinski definition) is 0. The summed E-state index contributed by atoms with van der Waals surface area (Å²) < 4.78 is 64.0. The summed E-state index contributed by atoms with van der Waals surface area (Å²) in [5.74, 6) is -2.13. The van der Waals surface area contributed by atoms with E-state index in [1.54, 1.807) is 25.1 Å². The third-order valence-electron chi connectivity index (χ3n) is 8.35. The van der Waals surface area contributed by atoms with Crippen molar-refractivity contribution in [2.75, 3.05) is 6.61 Å². The second-order valence-electron chi connectivity index (χ2n) is 10.5. The van der Waals surface area contributed by atoms with Gasteiger partial charge in [-0.1, -0.05) is 30.4 Å². The van der Waals surface area contributed by atoms with Crippen molar-refractivity contribution in [1.29, 1.82) is 0 Å². The van der Waals surface area contributed by atoms with Gasteiger partial charge in [0.25, 0.3) is 0 Å². The Kier molecular flexibility index (Phi) is 9.14. The minimum absolute atomic E-state index is 0.0252. The first-order valence-corrected chi connectivity index (χ1v) is 13.6. The fourth-order valence-electron chi connectivity index (χ4n) is 6.26. The topological polar surface area (TPSA) is 9.23 Å². The van der Waals surface area contributed by atoms with Gasteiger partial charge in [-0.3, -0.25) is 0 Å². The van der Waals surface area contributed by atoms with Gasteiger partial charge >= 0.3 is 0 Å². The van der Waals surface area contributed by atoms with E-state index in [1.165, 1.54) is 6.07 Å². The summed E-state index contributed by atoms with van der Waals surface area (Å²) in [6.07, 6.45) is 12.7. The molecule has 0 bridgehead atoms. The largest absolute Gasteiger partial charge is 0.491 e. The summed E-state index contributed by atoms with van der Waals surface area (Å²) in [7, 11) is 0. The molecule has 0 N–H and O–H groups in total. The van der Waals surface area contributed by atoms with Crippen LogP contribution in [0.25, 0.3) is 0 Å². The number of benzene rings is 2. The van der Waals surface area contributed by atoms with Gasteiger partial charge in [-0.25, -0.2) is 13.2 Å². The zero-order valence-corrected chi connectivity index (χ0v) is 21.5. The van der Waals surface area contributed by atoms with Crippen LogP contribution in [0.2, 0.25) is 0 Å². The minimum Gasteiger partial charge on any atom is -0.491 e. The first-order chi connectivity index (χ1) is 17.4. The molecule has 36 heavy (non-hydrogen) atoms. The molecule has 2 aromatic carbocycles. The molecule has 196 valence electrons. The van der Waals surface area contributed by atoms with Crippen molar-refractivity contribution in [2.45, 2.75) is 89.9 Å². The first kappa shape index (κ1) is 26.8. The molecular weight excluding hydrogens is 464 g/mol. The van der Waals surface area contributed by atoms with E-state index in [9.17, 15) is 17.6 Å². The highest BCUT2D eigenvalue weighted by Gasteiger charge is 2.28. The molecule has 0 radical (unpaired) electrons. The standard InChI is InChI=1S/C31H38F4O/c1-3-5-20-6-11-22(12-7-20)25-17-16-24(28(32)29(25)33)15-10-21-8-13-23(14-9-21)26-18-19-27(36-4-2)31(35)30(26)34/h3,5,16-23H,4,6-15H2,1-2H3/b5-3+. The number of allylic oxidation sites excluding steroid dienone is 2. The number of hydrogen-bond acceptors (Lipinski definition) is 1. The van der Waals surface area contributed by atoms with Gasteiger partial charge in [0.2, 0.25) is 5.82 Å². The van der Waals surface area contributed by atoms with Crippen molar-refractivity contribution in [2.24, 2.45) is 11.8 Å². The molecule has 2 aromatic rings. The molecule has 0 unspecified atom stereocenters. The molecule has 2 fully saturated rings. The normalized spacial score (nSPS) is 24.8. The smallest absolute Gasteiger partial charge is 0.200 e. The van der Waals surface area contributed by atoms with Crippen LogP contribution in [0.15, 0.2) is 36.4 Å². The predicted molar refractivity (Wildman–Crippen MR) is 136 cm³/mol. The van der Waals surface area contributed by atoms with Crippen LogP contribution >= 0.6 is 0 Å². The Balaban J connectivity index is 1.31. The Morgan fingerprint density at radius 3 is 1.94 bits per heavy atom. The quantitative estimate of drug-likeness (QED) is 0.258. The first-order valence-electron chi connectivity index (χ1n) is 13.6. The van der Waals surface area contributed by atoms with Crippen LogP contribution in [-0.4, -0.2) is 6.61 Å². The van der Waals surface area contributed by atoms with Crippen LogP contribution in [0.3, 0.4) is 0 Å². The number of rotatable bonds is 8. The molecule has 0 saturated heterocycles. The molecule has 0 amide bonds. The van der Waals surface area contributed by atoms with E-state index < -0.39 is 23.3 Å². The maximum Gasteiger partial charge on any atom is 0.200 e. The van der Waals surface area contributed by atoms with Gasteiger partial charge in [0.1, 0.15) is 0 Å². The van der Waals surface area contributed by atoms with Crippen molar-refractivity contribution in [1.82, 2.24) is 0 Å². The van der Waals surface area contributed by atoms with E-state index in [0.717, 1.165) is 57.8 Å². The Morgan fingerprint density at radius 2 is 1.33 bits per heavy atom. The fourth-order valence-corrected chi connectivity index (χ4v) is 6.26. The number of halogens is 4. The lowest BCUT2D eigenvalue weighted by molar-refractivity contribution is 0.296. The summed E-state index contributed by atoms with van der Waals surface area (Å²) in [5, 5.41) is 0. The van der Waals surface area contributed by atoms with E-state index in [0.29, 0.717) is 34.9 Å². The van der Waals surface area contributed by atoms with E-state index in [2.05, 4.69) is 12.2 Å². The lowest BCUT2D eigenvalue weighted by Gasteiger charge is -2.29. The highest BCUT2D eigenvalue weighted by molar-refractivity contribution is 5.33. The van der Waals surface area contributed by atoms with E-state index >= 15 is 0 Å². The number of aryl methyl sites for hydroxylation is 1. The molecule has 2 aliphatic rings. The summed E-state index contributed by atoms with van der Waals surface area (Å²) in [6.45, 7) is 4.04. The molecule has 0 heterocycles. The van der Waals surface area contributed by atoms with Gasteiger partial charge < -0.3 is 4.74 Å². The highest BCUT2D eigenvalue weighted by atomic mass is 19.2. The maximum absolute atomic E-state index is 15.0. The summed E-state index contributed by atoms with van der Waals surface area (Å²) in [6, 6.07) is 6.73. The predicted octanol–water partition coefficient (Wildman–Crippen LogP) is 9.40. The molecule has 2 aliphatic carbocycles. The van der Waals surface area contributed by atoms with Crippen molar-refractivity contribution in [3.8, 4) is 5.75 Å². The SMILES string of the molecule is C/C=C/C1CCC(c2ccc(CCC3CCC(c4ccc(OCC)c(F)c4F)CC3)c(F)c2F)CC1. The summed E-state index contributed by atoms with van der Waals surface area (Å²) in [5.41, 5.74) is 1.39. The van der Waals surface area contributed by atoms with Gasteiger partial charge in [-0.15, -0.1) is 0 Å². The van der Waals surface area contributed by atoms with Crippen LogP contribution in [0, 0.1) is 35.1 Å². The van der Waals surface area contributed by atoms with Gasteiger partial charge in [0.05, 0.1) is 6.61 Å². The summed E-state index contributed by atoms with van der Waals surface area (Å²) >= 11 is 0. The van der Waals surface area contributed by atoms with Gasteiger partial charge in [0.15, 0.2) is 23.2 Å². The molecule has 4 rings (SSSR count). The van der Waals surface area contributed by atoms with Crippen LogP contribution in [-0.2, 0) is 6.42 Å². The maximum atomic E-state index is 15.0. The van der Waals surface area contributed by atoms with Crippen LogP contribution < -0.4 is 4.74 Å². The minimum atomic E-state index is -0.914. The number of ether oxygens (including phenoxy) is 1. The van der Waals surface area contributed by atoms with Gasteiger partial charge in [-0.05, 0) is 124 Å². The van der Waals surface area contributed by atoms with Crippen molar-refractivity contribution in [3.63, 3.8) is 0 Å². The van der Waals surface area contributed by atoms with Crippen molar-refractivity contribution in [3.05, 3.63) is 76.4 Å². The van der Waals surface area contributed by atoms with Crippen LogP contribution in [0.1, 0.15) is 100 Å². The van der Waals surface area contributed by atoms with Crippen LogP contribution in [0.5, 0.6) is 5.75 Å². The van der Waals surface area contributed by atoms with E-state index in [4.69, 9.17) is 4.74 Å². The van der Waals surface area contributed by atoms with E-state index in [1.807, 2.05) is 6.92 Å². The Bertz CT molecular complexity index is 1050. The second-order valence-corrected chi connectivity index (χ2v) is 10.5. The van der Waals surface area contributed by atoms with Gasteiger partial charge in [-0.2, -0.15) is 4.39 Å². The third-order valence-corrected chi connectivity index (χ3v) is 8.35. The van der Waals surface area contributed by atoms with E-state index in [-0.39, 0.29) is 24.2 Å². The Labute approximate surface area is 212 Å². The Morgan fingerprint density at radius 1 is 0.750 bits per heavy atom. The van der Waals surface area contributed by atoms with Crippen molar-refractivity contribution >= 4 is 0 Å². The molecular formula is C31H38F4O. The molecule has 0 aliphatic heterocycles. The molecule has 5 heteroatoms. The average molecular weight is 503 g/mol. The van der Waals surface area contributed by atoms with Gasteiger partial charge in [0, 0.05) is 0 Å². The lowest BCUT2D eigenvalue weighted by Crippen LogP contribution is -2.16. The monoisotopic (exact) mass is 502 g/mol. The zero-order valence-electron chi connectivity index (χ0n) is 21.5. The molecule has 0 atom stereocenters. The third kappa shape index (κ3) is 5.98. The molecule has 2 saturated carbocycles. The molecule has 0 spiro atoms. The van der Waals surface area contributed by atoms with Crippen molar-refractivity contribution < 1.29 is 22.3 Å². The lowest BCUT2D eigenvalue weighted by atomic mass is 9.76. The highest BCUT2D eigenvalue weighted by Crippen LogP contribution is 2.41. The zero-order chi connectivity index (χ0) is 25.7.